The molecule has 0 amide bonds. The van der Waals surface area contributed by atoms with Gasteiger partial charge in [0.15, 0.2) is 0 Å². The van der Waals surface area contributed by atoms with Crippen LogP contribution in [-0.2, 0) is 13.0 Å². The Morgan fingerprint density at radius 2 is 2.32 bits per heavy atom. The van der Waals surface area contributed by atoms with Gasteiger partial charge in [-0.3, -0.25) is 9.88 Å². The van der Waals surface area contributed by atoms with Crippen molar-refractivity contribution in [3.8, 4) is 0 Å². The smallest absolute Gasteiger partial charge is 0.0931 e. The molecule has 0 spiro atoms. The lowest BCUT2D eigenvalue weighted by Gasteiger charge is -2.34. The van der Waals surface area contributed by atoms with Crippen molar-refractivity contribution in [2.75, 3.05) is 6.54 Å². The van der Waals surface area contributed by atoms with Crippen LogP contribution in [0.2, 0.25) is 4.34 Å². The summed E-state index contributed by atoms with van der Waals surface area (Å²) < 4.78 is 0.819. The molecule has 1 atom stereocenters. The van der Waals surface area contributed by atoms with Gasteiger partial charge in [0.25, 0.3) is 0 Å². The van der Waals surface area contributed by atoms with Gasteiger partial charge in [0.2, 0.25) is 0 Å². The largest absolute Gasteiger partial charge is 0.348 e. The van der Waals surface area contributed by atoms with Crippen molar-refractivity contribution in [2.45, 2.75) is 19.0 Å². The van der Waals surface area contributed by atoms with Crippen molar-refractivity contribution < 1.29 is 0 Å². The molecule has 3 aromatic heterocycles. The molecular formula is C16H15ClN4S. The second kappa shape index (κ2) is 5.83. The van der Waals surface area contributed by atoms with Crippen LogP contribution in [0.1, 0.15) is 27.9 Å². The van der Waals surface area contributed by atoms with E-state index in [1.54, 1.807) is 17.7 Å². The van der Waals surface area contributed by atoms with Crippen LogP contribution in [0, 0.1) is 0 Å². The maximum absolute atomic E-state index is 6.15. The van der Waals surface area contributed by atoms with Crippen LogP contribution in [-0.4, -0.2) is 26.4 Å². The Labute approximate surface area is 137 Å². The Balaban J connectivity index is 1.71. The molecule has 0 aromatic carbocycles. The number of thiophene rings is 1. The summed E-state index contributed by atoms with van der Waals surface area (Å²) in [6, 6.07) is 8.33. The molecule has 0 saturated carbocycles. The number of hydrogen-bond acceptors (Lipinski definition) is 4. The molecule has 0 radical (unpaired) electrons. The lowest BCUT2D eigenvalue weighted by molar-refractivity contribution is 0.202. The van der Waals surface area contributed by atoms with Gasteiger partial charge in [-0.25, -0.2) is 4.98 Å². The summed E-state index contributed by atoms with van der Waals surface area (Å²) in [5, 5.41) is 0. The molecular weight excluding hydrogens is 316 g/mol. The normalized spacial score (nSPS) is 18.3. The van der Waals surface area contributed by atoms with Crippen molar-refractivity contribution in [1.82, 2.24) is 19.9 Å². The minimum Gasteiger partial charge on any atom is -0.348 e. The number of fused-ring (bicyclic) bond motifs is 1. The zero-order chi connectivity index (χ0) is 14.9. The highest BCUT2D eigenvalue weighted by atomic mass is 35.5. The fourth-order valence-corrected chi connectivity index (χ4v) is 4.21. The van der Waals surface area contributed by atoms with Gasteiger partial charge in [-0.2, -0.15) is 0 Å². The minimum atomic E-state index is 0.160. The van der Waals surface area contributed by atoms with Gasteiger partial charge in [0, 0.05) is 42.5 Å². The number of aromatic nitrogens is 3. The average molecular weight is 331 g/mol. The first-order chi connectivity index (χ1) is 10.8. The number of pyridine rings is 1. The van der Waals surface area contributed by atoms with Crippen molar-refractivity contribution >= 4 is 22.9 Å². The van der Waals surface area contributed by atoms with Crippen molar-refractivity contribution in [2.24, 2.45) is 0 Å². The quantitative estimate of drug-likeness (QED) is 0.797. The molecule has 22 heavy (non-hydrogen) atoms. The monoisotopic (exact) mass is 330 g/mol. The maximum atomic E-state index is 6.15. The number of aromatic amines is 1. The summed E-state index contributed by atoms with van der Waals surface area (Å²) in [5.41, 5.74) is 3.57. The molecule has 0 fully saturated rings. The van der Waals surface area contributed by atoms with E-state index in [0.717, 1.165) is 29.5 Å². The number of rotatable bonds is 3. The fraction of sp³-hybridized carbons (Fsp3) is 0.250. The Kier molecular flexibility index (Phi) is 3.70. The van der Waals surface area contributed by atoms with E-state index in [0.29, 0.717) is 0 Å². The van der Waals surface area contributed by atoms with Crippen LogP contribution in [0.25, 0.3) is 0 Å². The third-order valence-electron chi connectivity index (χ3n) is 4.00. The minimum absolute atomic E-state index is 0.160. The van der Waals surface area contributed by atoms with Crippen molar-refractivity contribution in [3.05, 3.63) is 69.2 Å². The molecule has 3 aromatic rings. The summed E-state index contributed by atoms with van der Waals surface area (Å²) in [4.78, 5) is 15.7. The topological polar surface area (TPSA) is 44.8 Å². The Morgan fingerprint density at radius 3 is 3.09 bits per heavy atom. The molecule has 1 aliphatic rings. The first kappa shape index (κ1) is 13.9. The Morgan fingerprint density at radius 1 is 1.36 bits per heavy atom. The molecule has 112 valence electrons. The summed E-state index contributed by atoms with van der Waals surface area (Å²) >= 11 is 7.78. The van der Waals surface area contributed by atoms with E-state index >= 15 is 0 Å². The third-order valence-corrected chi connectivity index (χ3v) is 5.28. The van der Waals surface area contributed by atoms with Gasteiger partial charge in [0.1, 0.15) is 0 Å². The van der Waals surface area contributed by atoms with Crippen LogP contribution < -0.4 is 0 Å². The second-order valence-corrected chi connectivity index (χ2v) is 7.14. The van der Waals surface area contributed by atoms with Crippen LogP contribution in [0.3, 0.4) is 0 Å². The van der Waals surface area contributed by atoms with Gasteiger partial charge < -0.3 is 4.98 Å². The van der Waals surface area contributed by atoms with E-state index in [9.17, 15) is 0 Å². The van der Waals surface area contributed by atoms with E-state index < -0.39 is 0 Å². The highest BCUT2D eigenvalue weighted by Gasteiger charge is 2.31. The van der Waals surface area contributed by atoms with Crippen LogP contribution in [0.5, 0.6) is 0 Å². The molecule has 0 bridgehead atoms. The van der Waals surface area contributed by atoms with Gasteiger partial charge in [-0.05, 0) is 23.8 Å². The fourth-order valence-electron chi connectivity index (χ4n) is 3.01. The Bertz CT molecular complexity index is 767. The summed E-state index contributed by atoms with van der Waals surface area (Å²) in [6.45, 7) is 1.85. The molecule has 4 nitrogen and oxygen atoms in total. The number of hydrogen-bond donors (Lipinski definition) is 1. The predicted molar refractivity (Wildman–Crippen MR) is 88.1 cm³/mol. The van der Waals surface area contributed by atoms with E-state index in [1.807, 2.05) is 24.5 Å². The van der Waals surface area contributed by atoms with Crippen LogP contribution in [0.4, 0.5) is 0 Å². The maximum Gasteiger partial charge on any atom is 0.0931 e. The zero-order valence-electron chi connectivity index (χ0n) is 11.9. The second-order valence-electron chi connectivity index (χ2n) is 5.39. The highest BCUT2D eigenvalue weighted by Crippen LogP contribution is 2.38. The van der Waals surface area contributed by atoms with E-state index in [1.165, 1.54) is 16.1 Å². The molecule has 0 unspecified atom stereocenters. The standard InChI is InChI=1S/C16H15ClN4S/c17-14-4-3-13(22-14)16-15-12(19-10-20-15)5-7-21(16)9-11-2-1-6-18-8-11/h1-4,6,8,10,16H,5,7,9H2,(H,19,20)/t16-/m0/s1. The van der Waals surface area contributed by atoms with Gasteiger partial charge in [-0.1, -0.05) is 17.7 Å². The van der Waals surface area contributed by atoms with Crippen LogP contribution >= 0.6 is 22.9 Å². The van der Waals surface area contributed by atoms with Gasteiger partial charge in [-0.15, -0.1) is 11.3 Å². The Hall–Kier alpha value is -1.69. The SMILES string of the molecule is Clc1ccc([C@H]2c3nc[nH]c3CCN2Cc2cccnc2)s1. The number of H-pyrrole nitrogens is 1. The summed E-state index contributed by atoms with van der Waals surface area (Å²) in [6.07, 6.45) is 6.52. The molecule has 1 aliphatic heterocycles. The summed E-state index contributed by atoms with van der Waals surface area (Å²) in [7, 11) is 0. The van der Waals surface area contributed by atoms with E-state index in [4.69, 9.17) is 11.6 Å². The highest BCUT2D eigenvalue weighted by molar-refractivity contribution is 7.16. The molecule has 6 heteroatoms. The lowest BCUT2D eigenvalue weighted by Crippen LogP contribution is -2.35. The summed E-state index contributed by atoms with van der Waals surface area (Å²) in [5.74, 6) is 0. The predicted octanol–water partition coefficient (Wildman–Crippen LogP) is 3.67. The van der Waals surface area contributed by atoms with Gasteiger partial charge >= 0.3 is 0 Å². The number of nitrogens with one attached hydrogen (secondary N) is 1. The number of halogens is 1. The average Bonchev–Trinajstić information content (AvgIpc) is 3.17. The molecule has 0 saturated heterocycles. The zero-order valence-corrected chi connectivity index (χ0v) is 13.4. The van der Waals surface area contributed by atoms with Gasteiger partial charge in [0.05, 0.1) is 22.4 Å². The third kappa shape index (κ3) is 2.56. The first-order valence-corrected chi connectivity index (χ1v) is 8.41. The molecule has 4 rings (SSSR count). The lowest BCUT2D eigenvalue weighted by atomic mass is 10.0. The van der Waals surface area contributed by atoms with Crippen molar-refractivity contribution in [3.63, 3.8) is 0 Å². The molecule has 1 N–H and O–H groups in total. The van der Waals surface area contributed by atoms with Crippen molar-refractivity contribution in [1.29, 1.82) is 0 Å². The number of nitrogens with zero attached hydrogens (tertiary/aromatic N) is 3. The number of imidazole rings is 1. The molecule has 0 aliphatic carbocycles. The van der Waals surface area contributed by atoms with Crippen LogP contribution in [0.15, 0.2) is 43.0 Å². The van der Waals surface area contributed by atoms with E-state index in [-0.39, 0.29) is 6.04 Å². The van der Waals surface area contributed by atoms with E-state index in [2.05, 4.69) is 32.0 Å². The first-order valence-electron chi connectivity index (χ1n) is 7.21. The molecule has 4 heterocycles.